The van der Waals surface area contributed by atoms with Gasteiger partial charge in [-0.3, -0.25) is 9.59 Å². The average molecular weight is 597 g/mol. The zero-order valence-electron chi connectivity index (χ0n) is 21.3. The van der Waals surface area contributed by atoms with Crippen molar-refractivity contribution in [1.29, 1.82) is 0 Å². The van der Waals surface area contributed by atoms with Crippen LogP contribution in [0.4, 0.5) is 9.59 Å². The van der Waals surface area contributed by atoms with E-state index in [1.165, 1.54) is 10.0 Å². The Morgan fingerprint density at radius 1 is 0.800 bits per heavy atom. The number of nitrogens with one attached hydrogen (secondary N) is 2. The molecule has 4 saturated heterocycles. The highest BCUT2D eigenvalue weighted by Crippen LogP contribution is 2.40. The standard InChI is InChI=1S/C20H28N12O6S2/c21-25-29-37-15(33)7-3-1-5-13-17-11(9-39-13)23-19(35)31(17)27-28-32-18-12(24-20(32)36)10-40-14(18)6-2-4-8-16(34)38-30-26-22/h11-14,17-18H,1-10H2,(H,23,35)(H,24,36)/b28-27+/t11-,12-,13-,14-,17-,18-/m1/s1. The monoisotopic (exact) mass is 596 g/mol. The van der Waals surface area contributed by atoms with Crippen LogP contribution in [0.25, 0.3) is 20.9 Å². The summed E-state index contributed by atoms with van der Waals surface area (Å²) in [6.45, 7) is 0. The maximum atomic E-state index is 12.7. The first-order valence-electron chi connectivity index (χ1n) is 12.8. The molecule has 4 fully saturated rings. The van der Waals surface area contributed by atoms with Gasteiger partial charge in [-0.2, -0.15) is 33.5 Å². The van der Waals surface area contributed by atoms with Crippen molar-refractivity contribution in [3.8, 4) is 0 Å². The number of unbranched alkanes of at least 4 members (excludes halogenated alkanes) is 2. The van der Waals surface area contributed by atoms with Gasteiger partial charge in [0, 0.05) is 44.7 Å². The van der Waals surface area contributed by atoms with Gasteiger partial charge in [-0.1, -0.05) is 12.8 Å². The van der Waals surface area contributed by atoms with Crippen molar-refractivity contribution < 1.29 is 28.9 Å². The van der Waals surface area contributed by atoms with E-state index in [4.69, 9.17) is 11.1 Å². The fraction of sp³-hybridized carbons (Fsp3) is 0.800. The van der Waals surface area contributed by atoms with E-state index >= 15 is 0 Å². The normalized spacial score (nSPS) is 28.4. The number of thioether (sulfide) groups is 2. The van der Waals surface area contributed by atoms with E-state index in [0.29, 0.717) is 25.7 Å². The molecule has 0 unspecified atom stereocenters. The molecule has 4 aliphatic rings. The van der Waals surface area contributed by atoms with Crippen LogP contribution < -0.4 is 10.6 Å². The SMILES string of the molecule is [N-]=[N+]=NOC(=O)CCCC[C@H]1SC[C@H]2NC(=O)N(/N=N/N3C(=O)N[C@@H]4CS[C@H](CCCCC(=O)ON=[N+]=[N-])[C@@H]43)[C@H]21. The van der Waals surface area contributed by atoms with Crippen LogP contribution in [0.15, 0.2) is 21.0 Å². The van der Waals surface area contributed by atoms with E-state index in [1.54, 1.807) is 23.5 Å². The van der Waals surface area contributed by atoms with Crippen molar-refractivity contribution >= 4 is 47.5 Å². The molecule has 4 aliphatic heterocycles. The van der Waals surface area contributed by atoms with Gasteiger partial charge in [-0.25, -0.2) is 9.59 Å². The highest BCUT2D eigenvalue weighted by atomic mass is 32.2. The third-order valence-corrected chi connectivity index (χ3v) is 9.98. The molecule has 20 heteroatoms. The number of fused-ring (bicyclic) bond motifs is 2. The lowest BCUT2D eigenvalue weighted by molar-refractivity contribution is -0.145. The Balaban J connectivity index is 1.30. The fourth-order valence-electron chi connectivity index (χ4n) is 5.24. The molecule has 4 heterocycles. The van der Waals surface area contributed by atoms with Crippen LogP contribution in [0.1, 0.15) is 51.4 Å². The first-order valence-corrected chi connectivity index (χ1v) is 14.9. The second-order valence-electron chi connectivity index (χ2n) is 9.47. The Bertz CT molecular complexity index is 1030. The number of carbonyl (C=O) groups is 4. The van der Waals surface area contributed by atoms with Crippen molar-refractivity contribution in [2.45, 2.75) is 86.0 Å². The van der Waals surface area contributed by atoms with E-state index in [9.17, 15) is 19.2 Å². The maximum absolute atomic E-state index is 12.7. The van der Waals surface area contributed by atoms with E-state index in [0.717, 1.165) is 24.3 Å². The van der Waals surface area contributed by atoms with Gasteiger partial charge in [0.2, 0.25) is 0 Å². The first kappa shape index (κ1) is 29.4. The smallest absolute Gasteiger partial charge is 0.339 e. The van der Waals surface area contributed by atoms with Gasteiger partial charge in [-0.05, 0) is 47.2 Å². The topological polar surface area (TPSA) is 240 Å². The van der Waals surface area contributed by atoms with Crippen molar-refractivity contribution in [3.63, 3.8) is 0 Å². The molecule has 0 aromatic carbocycles. The Morgan fingerprint density at radius 2 is 1.23 bits per heavy atom. The zero-order chi connectivity index (χ0) is 28.5. The lowest BCUT2D eigenvalue weighted by Crippen LogP contribution is -2.40. The highest BCUT2D eigenvalue weighted by Gasteiger charge is 2.51. The van der Waals surface area contributed by atoms with Crippen LogP contribution in [0.5, 0.6) is 0 Å². The van der Waals surface area contributed by atoms with Crippen molar-refractivity contribution in [3.05, 3.63) is 20.9 Å². The number of urea groups is 2. The van der Waals surface area contributed by atoms with Gasteiger partial charge in [0.05, 0.1) is 24.2 Å². The summed E-state index contributed by atoms with van der Waals surface area (Å²) in [6, 6.07) is -1.42. The van der Waals surface area contributed by atoms with E-state index in [2.05, 4.69) is 51.1 Å². The molecule has 6 atom stereocenters. The van der Waals surface area contributed by atoms with Crippen LogP contribution >= 0.6 is 23.5 Å². The molecule has 0 aromatic heterocycles. The molecule has 0 aliphatic carbocycles. The minimum absolute atomic E-state index is 0.0662. The second kappa shape index (κ2) is 14.2. The number of nitrogens with zero attached hydrogens (tertiary/aromatic N) is 10. The van der Waals surface area contributed by atoms with Gasteiger partial charge in [0.1, 0.15) is 10.6 Å². The molecule has 0 radical (unpaired) electrons. The molecule has 4 rings (SSSR count). The van der Waals surface area contributed by atoms with E-state index in [1.807, 2.05) is 0 Å². The largest absolute Gasteiger partial charge is 0.359 e. The van der Waals surface area contributed by atoms with Gasteiger partial charge < -0.3 is 20.3 Å². The van der Waals surface area contributed by atoms with Gasteiger partial charge in [0.25, 0.3) is 0 Å². The van der Waals surface area contributed by atoms with Crippen LogP contribution in [0, 0.1) is 0 Å². The summed E-state index contributed by atoms with van der Waals surface area (Å²) >= 11 is 3.42. The number of amides is 4. The van der Waals surface area contributed by atoms with Gasteiger partial charge in [-0.15, -0.1) is 0 Å². The van der Waals surface area contributed by atoms with Crippen LogP contribution in [-0.4, -0.2) is 80.2 Å². The Kier molecular flexibility index (Phi) is 10.4. The zero-order valence-corrected chi connectivity index (χ0v) is 22.9. The van der Waals surface area contributed by atoms with Crippen molar-refractivity contribution in [2.75, 3.05) is 11.5 Å². The predicted molar refractivity (Wildman–Crippen MR) is 141 cm³/mol. The fourth-order valence-corrected chi connectivity index (χ4v) is 8.38. The van der Waals surface area contributed by atoms with Crippen molar-refractivity contribution in [1.82, 2.24) is 20.7 Å². The molecule has 2 N–H and O–H groups in total. The number of hydrogen-bond donors (Lipinski definition) is 2. The highest BCUT2D eigenvalue weighted by molar-refractivity contribution is 8.00. The molecule has 18 nitrogen and oxygen atoms in total. The molecule has 40 heavy (non-hydrogen) atoms. The molecule has 0 aromatic rings. The summed E-state index contributed by atoms with van der Waals surface area (Å²) in [5.74, 6) is 0.245. The molecule has 4 amide bonds. The van der Waals surface area contributed by atoms with Crippen molar-refractivity contribution in [2.24, 2.45) is 21.0 Å². The van der Waals surface area contributed by atoms with Gasteiger partial charge >= 0.3 is 24.0 Å². The minimum atomic E-state index is -0.596. The van der Waals surface area contributed by atoms with E-state index < -0.39 is 11.9 Å². The number of carbonyl (C=O) groups excluding carboxylic acids is 4. The third-order valence-electron chi connectivity index (χ3n) is 6.99. The maximum Gasteiger partial charge on any atom is 0.339 e. The van der Waals surface area contributed by atoms with Crippen LogP contribution in [-0.2, 0) is 19.3 Å². The average Bonchev–Trinajstić information content (AvgIpc) is 3.67. The molecular weight excluding hydrogens is 568 g/mol. The van der Waals surface area contributed by atoms with Gasteiger partial charge in [0.15, 0.2) is 0 Å². The summed E-state index contributed by atoms with van der Waals surface area (Å²) in [5, 5.41) is 22.7. The first-order chi connectivity index (χ1) is 19.4. The molecular formula is C20H28N12O6S2. The Hall–Kier alpha value is -3.60. The second-order valence-corrected chi connectivity index (χ2v) is 12.0. The summed E-state index contributed by atoms with van der Waals surface area (Å²) in [7, 11) is 0. The summed E-state index contributed by atoms with van der Waals surface area (Å²) in [5.41, 5.74) is 16.4. The number of azide groups is 2. The summed E-state index contributed by atoms with van der Waals surface area (Å²) in [4.78, 5) is 61.8. The number of rotatable bonds is 14. The molecule has 0 saturated carbocycles. The Labute approximate surface area is 236 Å². The van der Waals surface area contributed by atoms with E-state index in [-0.39, 0.29) is 59.6 Å². The minimum Gasteiger partial charge on any atom is -0.359 e. The predicted octanol–water partition coefficient (Wildman–Crippen LogP) is 3.68. The third kappa shape index (κ3) is 7.12. The number of hydrogen-bond acceptors (Lipinski definition) is 12. The Morgan fingerprint density at radius 3 is 1.62 bits per heavy atom. The van der Waals surface area contributed by atoms with Crippen LogP contribution in [0.2, 0.25) is 0 Å². The van der Waals surface area contributed by atoms with Crippen LogP contribution in [0.3, 0.4) is 0 Å². The quantitative estimate of drug-likeness (QED) is 0.0746. The molecule has 0 bridgehead atoms. The molecule has 0 spiro atoms. The molecule has 216 valence electrons. The lowest BCUT2D eigenvalue weighted by atomic mass is 10.0. The lowest BCUT2D eigenvalue weighted by Gasteiger charge is -2.24. The summed E-state index contributed by atoms with van der Waals surface area (Å²) < 4.78 is 0. The summed E-state index contributed by atoms with van der Waals surface area (Å²) in [6.07, 6.45) is 4.19.